The quantitative estimate of drug-likeness (QED) is 0.592. The molecule has 0 aromatic heterocycles. The highest BCUT2D eigenvalue weighted by Gasteiger charge is 2.48. The molecule has 2 amide bonds. The molecule has 2 aliphatic heterocycles. The molecular weight excluding hydrogens is 378 g/mol. The van der Waals surface area contributed by atoms with Crippen molar-refractivity contribution < 1.29 is 9.59 Å². The molecule has 7 nitrogen and oxygen atoms in total. The van der Waals surface area contributed by atoms with Crippen LogP contribution in [0.5, 0.6) is 0 Å². The Balaban J connectivity index is 1.40. The standard InChI is InChI=1S/C23H39N5O2/c1-28-21(30)23(27-22(28)24,12-10-16-6-3-2-4-7-16)15-17-8-5-9-18(14-17)26-19-11-13-25-20(19)29/h16-19,26H,2-15H2,1H3,(H2,24,27)(H,25,29)/t17?,18?,19-,23+/m0/s1. The molecule has 0 radical (unpaired) electrons. The second-order valence-corrected chi connectivity index (χ2v) is 10.1. The first-order valence-electron chi connectivity index (χ1n) is 12.1. The Kier molecular flexibility index (Phi) is 6.66. The SMILES string of the molecule is CN1C(=O)[C@@](CCC2CCCCC2)(CC2CCCC(N[C@H]3CCNC3=O)C2)N=C1N. The summed E-state index contributed by atoms with van der Waals surface area (Å²) in [5, 5.41) is 6.49. The van der Waals surface area contributed by atoms with Gasteiger partial charge in [-0.1, -0.05) is 44.9 Å². The van der Waals surface area contributed by atoms with Crippen molar-refractivity contribution in [1.82, 2.24) is 15.5 Å². The molecule has 0 bridgehead atoms. The second kappa shape index (κ2) is 9.25. The van der Waals surface area contributed by atoms with Gasteiger partial charge >= 0.3 is 0 Å². The summed E-state index contributed by atoms with van der Waals surface area (Å²) < 4.78 is 0. The van der Waals surface area contributed by atoms with Crippen LogP contribution >= 0.6 is 0 Å². The number of amides is 2. The summed E-state index contributed by atoms with van der Waals surface area (Å²) >= 11 is 0. The summed E-state index contributed by atoms with van der Waals surface area (Å²) in [7, 11) is 1.76. The Hall–Kier alpha value is -1.63. The molecule has 4 atom stereocenters. The lowest BCUT2D eigenvalue weighted by Crippen LogP contribution is -2.47. The lowest BCUT2D eigenvalue weighted by Gasteiger charge is -2.36. The van der Waals surface area contributed by atoms with E-state index in [0.717, 1.165) is 63.8 Å². The Labute approximate surface area is 180 Å². The molecule has 3 fully saturated rings. The van der Waals surface area contributed by atoms with Crippen LogP contribution in [-0.2, 0) is 9.59 Å². The fourth-order valence-electron chi connectivity index (χ4n) is 6.22. The molecule has 7 heteroatoms. The van der Waals surface area contributed by atoms with Gasteiger partial charge in [0.05, 0.1) is 6.04 Å². The fourth-order valence-corrected chi connectivity index (χ4v) is 6.22. The lowest BCUT2D eigenvalue weighted by molar-refractivity contribution is -0.131. The molecule has 2 unspecified atom stereocenters. The van der Waals surface area contributed by atoms with Gasteiger partial charge in [0.1, 0.15) is 5.54 Å². The first-order valence-corrected chi connectivity index (χ1v) is 12.1. The first-order chi connectivity index (χ1) is 14.5. The first kappa shape index (κ1) is 21.6. The van der Waals surface area contributed by atoms with Gasteiger partial charge < -0.3 is 16.4 Å². The number of nitrogens with one attached hydrogen (secondary N) is 2. The average Bonchev–Trinajstić information content (AvgIpc) is 3.24. The van der Waals surface area contributed by atoms with Crippen LogP contribution in [0.4, 0.5) is 0 Å². The van der Waals surface area contributed by atoms with E-state index in [4.69, 9.17) is 10.7 Å². The van der Waals surface area contributed by atoms with E-state index in [2.05, 4.69) is 10.6 Å². The predicted molar refractivity (Wildman–Crippen MR) is 118 cm³/mol. The van der Waals surface area contributed by atoms with E-state index in [0.29, 0.717) is 17.9 Å². The zero-order chi connectivity index (χ0) is 21.1. The van der Waals surface area contributed by atoms with Gasteiger partial charge in [-0.3, -0.25) is 14.5 Å². The largest absolute Gasteiger partial charge is 0.369 e. The van der Waals surface area contributed by atoms with E-state index in [9.17, 15) is 9.59 Å². The maximum Gasteiger partial charge on any atom is 0.257 e. The third-order valence-electron chi connectivity index (χ3n) is 7.96. The Morgan fingerprint density at radius 2 is 1.87 bits per heavy atom. The van der Waals surface area contributed by atoms with Crippen LogP contribution in [0.25, 0.3) is 0 Å². The molecule has 2 heterocycles. The summed E-state index contributed by atoms with van der Waals surface area (Å²) in [5.74, 6) is 1.76. The number of hydrogen-bond donors (Lipinski definition) is 3. The summed E-state index contributed by atoms with van der Waals surface area (Å²) in [6.07, 6.45) is 14.5. The van der Waals surface area contributed by atoms with E-state index in [1.807, 2.05) is 0 Å². The van der Waals surface area contributed by atoms with Crippen molar-refractivity contribution in [2.45, 2.75) is 101 Å². The van der Waals surface area contributed by atoms with Crippen molar-refractivity contribution in [2.75, 3.05) is 13.6 Å². The molecular formula is C23H39N5O2. The number of hydrogen-bond acceptors (Lipinski definition) is 5. The molecule has 168 valence electrons. The molecule has 0 aromatic carbocycles. The van der Waals surface area contributed by atoms with E-state index in [1.165, 1.54) is 32.1 Å². The highest BCUT2D eigenvalue weighted by Crippen LogP contribution is 2.40. The number of likely N-dealkylation sites (N-methyl/N-ethyl adjacent to an activating group) is 1. The number of nitrogens with zero attached hydrogens (tertiary/aromatic N) is 2. The van der Waals surface area contributed by atoms with Crippen LogP contribution in [0, 0.1) is 11.8 Å². The molecule has 2 aliphatic carbocycles. The van der Waals surface area contributed by atoms with Crippen LogP contribution in [0.2, 0.25) is 0 Å². The number of aliphatic imine (C=N–C) groups is 1. The van der Waals surface area contributed by atoms with Gasteiger partial charge in [-0.2, -0.15) is 0 Å². The number of rotatable bonds is 7. The van der Waals surface area contributed by atoms with Crippen LogP contribution in [0.1, 0.15) is 83.5 Å². The molecule has 4 N–H and O–H groups in total. The molecule has 0 spiro atoms. The van der Waals surface area contributed by atoms with Crippen molar-refractivity contribution in [3.05, 3.63) is 0 Å². The predicted octanol–water partition coefficient (Wildman–Crippen LogP) is 2.30. The number of guanidine groups is 1. The molecule has 1 saturated heterocycles. The maximum absolute atomic E-state index is 13.3. The van der Waals surface area contributed by atoms with Gasteiger partial charge in [-0.25, -0.2) is 4.99 Å². The minimum Gasteiger partial charge on any atom is -0.369 e. The highest BCUT2D eigenvalue weighted by molar-refractivity contribution is 6.06. The number of carbonyl (C=O) groups is 2. The van der Waals surface area contributed by atoms with E-state index in [-0.39, 0.29) is 17.9 Å². The van der Waals surface area contributed by atoms with Crippen molar-refractivity contribution in [2.24, 2.45) is 22.6 Å². The van der Waals surface area contributed by atoms with Gasteiger partial charge in [0.15, 0.2) is 5.96 Å². The summed E-state index contributed by atoms with van der Waals surface area (Å²) in [5.41, 5.74) is 5.43. The van der Waals surface area contributed by atoms with Crippen molar-refractivity contribution in [3.8, 4) is 0 Å². The summed E-state index contributed by atoms with van der Waals surface area (Å²) in [6.45, 7) is 0.770. The smallest absolute Gasteiger partial charge is 0.257 e. The topological polar surface area (TPSA) is 99.8 Å². The highest BCUT2D eigenvalue weighted by atomic mass is 16.2. The van der Waals surface area contributed by atoms with Gasteiger partial charge in [-0.05, 0) is 50.4 Å². The molecule has 2 saturated carbocycles. The van der Waals surface area contributed by atoms with E-state index < -0.39 is 5.54 Å². The van der Waals surface area contributed by atoms with E-state index >= 15 is 0 Å². The second-order valence-electron chi connectivity index (χ2n) is 10.1. The zero-order valence-corrected chi connectivity index (χ0v) is 18.5. The Morgan fingerprint density at radius 1 is 1.10 bits per heavy atom. The van der Waals surface area contributed by atoms with Crippen LogP contribution < -0.4 is 16.4 Å². The summed E-state index contributed by atoms with van der Waals surface area (Å²) in [4.78, 5) is 31.5. The minimum absolute atomic E-state index is 0.0538. The normalized spacial score (nSPS) is 35.6. The zero-order valence-electron chi connectivity index (χ0n) is 18.5. The van der Waals surface area contributed by atoms with Crippen LogP contribution in [-0.4, -0.2) is 53.9 Å². The van der Waals surface area contributed by atoms with Gasteiger partial charge in [0.25, 0.3) is 5.91 Å². The van der Waals surface area contributed by atoms with Crippen molar-refractivity contribution in [1.29, 1.82) is 0 Å². The Morgan fingerprint density at radius 3 is 2.53 bits per heavy atom. The Bertz CT molecular complexity index is 675. The van der Waals surface area contributed by atoms with Crippen molar-refractivity contribution >= 4 is 17.8 Å². The number of carbonyl (C=O) groups excluding carboxylic acids is 2. The van der Waals surface area contributed by atoms with E-state index in [1.54, 1.807) is 11.9 Å². The van der Waals surface area contributed by atoms with Crippen molar-refractivity contribution in [3.63, 3.8) is 0 Å². The molecule has 4 rings (SSSR count). The maximum atomic E-state index is 13.3. The third-order valence-corrected chi connectivity index (χ3v) is 7.96. The number of nitrogens with two attached hydrogens (primary N) is 1. The van der Waals surface area contributed by atoms with Crippen LogP contribution in [0.15, 0.2) is 4.99 Å². The minimum atomic E-state index is -0.673. The average molecular weight is 418 g/mol. The molecule has 30 heavy (non-hydrogen) atoms. The monoisotopic (exact) mass is 417 g/mol. The summed E-state index contributed by atoms with van der Waals surface area (Å²) in [6, 6.07) is 0.297. The fraction of sp³-hybridized carbons (Fsp3) is 0.870. The third kappa shape index (κ3) is 4.66. The lowest BCUT2D eigenvalue weighted by atomic mass is 9.74. The van der Waals surface area contributed by atoms with Crippen LogP contribution in [0.3, 0.4) is 0 Å². The van der Waals surface area contributed by atoms with Gasteiger partial charge in [0, 0.05) is 19.6 Å². The molecule has 4 aliphatic rings. The van der Waals surface area contributed by atoms with Gasteiger partial charge in [-0.15, -0.1) is 0 Å². The van der Waals surface area contributed by atoms with Gasteiger partial charge in [0.2, 0.25) is 5.91 Å². The molecule has 0 aromatic rings.